The molecule has 0 fully saturated rings. The lowest BCUT2D eigenvalue weighted by molar-refractivity contribution is -0.129. The third kappa shape index (κ3) is 4.55. The molecule has 0 unspecified atom stereocenters. The molecule has 2 amide bonds. The third-order valence-corrected chi connectivity index (χ3v) is 3.50. The van der Waals surface area contributed by atoms with Crippen LogP contribution < -0.4 is 10.1 Å². The summed E-state index contributed by atoms with van der Waals surface area (Å²) < 4.78 is 18.5. The second-order valence-electron chi connectivity index (χ2n) is 5.27. The molecule has 0 heterocycles. The first-order chi connectivity index (χ1) is 11.5. The van der Waals surface area contributed by atoms with Gasteiger partial charge in [-0.15, -0.1) is 0 Å². The summed E-state index contributed by atoms with van der Waals surface area (Å²) in [4.78, 5) is 25.4. The quantitative estimate of drug-likeness (QED) is 0.883. The van der Waals surface area contributed by atoms with E-state index in [2.05, 4.69) is 5.32 Å². The topological polar surface area (TPSA) is 58.6 Å². The zero-order chi connectivity index (χ0) is 17.5. The highest BCUT2D eigenvalue weighted by molar-refractivity contribution is 5.96. The third-order valence-electron chi connectivity index (χ3n) is 3.50. The number of nitrogens with zero attached hydrogens (tertiary/aromatic N) is 1. The molecule has 0 bridgehead atoms. The number of benzene rings is 2. The maximum atomic E-state index is 13.7. The second kappa shape index (κ2) is 8.10. The summed E-state index contributed by atoms with van der Waals surface area (Å²) in [6.07, 6.45) is 0. The van der Waals surface area contributed by atoms with E-state index in [1.54, 1.807) is 37.4 Å². The van der Waals surface area contributed by atoms with Crippen LogP contribution in [-0.2, 0) is 11.3 Å². The summed E-state index contributed by atoms with van der Waals surface area (Å²) in [5, 5.41) is 2.57. The molecule has 2 aromatic carbocycles. The Labute approximate surface area is 140 Å². The summed E-state index contributed by atoms with van der Waals surface area (Å²) in [6, 6.07) is 13.2. The fourth-order valence-electron chi connectivity index (χ4n) is 2.15. The Morgan fingerprint density at radius 1 is 1.17 bits per heavy atom. The molecular weight excluding hydrogens is 311 g/mol. The molecule has 0 aromatic heterocycles. The van der Waals surface area contributed by atoms with Gasteiger partial charge in [0.15, 0.2) is 11.6 Å². The highest BCUT2D eigenvalue weighted by atomic mass is 19.1. The van der Waals surface area contributed by atoms with Crippen molar-refractivity contribution in [1.29, 1.82) is 0 Å². The number of hydrogen-bond donors (Lipinski definition) is 1. The van der Waals surface area contributed by atoms with Gasteiger partial charge >= 0.3 is 0 Å². The fraction of sp³-hybridized carbons (Fsp3) is 0.222. The summed E-state index contributed by atoms with van der Waals surface area (Å²) in [5.74, 6) is -0.903. The van der Waals surface area contributed by atoms with Crippen molar-refractivity contribution in [1.82, 2.24) is 10.2 Å². The molecule has 126 valence electrons. The van der Waals surface area contributed by atoms with Gasteiger partial charge in [0, 0.05) is 19.2 Å². The van der Waals surface area contributed by atoms with Gasteiger partial charge < -0.3 is 15.0 Å². The largest absolute Gasteiger partial charge is 0.494 e. The molecule has 0 atom stereocenters. The zero-order valence-electron chi connectivity index (χ0n) is 13.6. The Hall–Kier alpha value is -2.89. The molecule has 2 rings (SSSR count). The maximum absolute atomic E-state index is 13.7. The molecule has 0 aliphatic heterocycles. The van der Waals surface area contributed by atoms with Gasteiger partial charge in [0.05, 0.1) is 13.7 Å². The molecular formula is C18H19FN2O3. The summed E-state index contributed by atoms with van der Waals surface area (Å²) >= 11 is 0. The highest BCUT2D eigenvalue weighted by Crippen LogP contribution is 2.18. The molecule has 0 spiro atoms. The van der Waals surface area contributed by atoms with E-state index in [0.717, 1.165) is 0 Å². The molecule has 0 saturated carbocycles. The Balaban J connectivity index is 1.88. The molecule has 24 heavy (non-hydrogen) atoms. The Bertz CT molecular complexity index is 719. The van der Waals surface area contributed by atoms with Crippen molar-refractivity contribution < 1.29 is 18.7 Å². The number of methoxy groups -OCH3 is 1. The summed E-state index contributed by atoms with van der Waals surface area (Å²) in [7, 11) is 2.99. The van der Waals surface area contributed by atoms with Gasteiger partial charge in [0.2, 0.25) is 5.91 Å². The van der Waals surface area contributed by atoms with Crippen LogP contribution in [0.2, 0.25) is 0 Å². The van der Waals surface area contributed by atoms with Crippen LogP contribution in [0.3, 0.4) is 0 Å². The van der Waals surface area contributed by atoms with Gasteiger partial charge in [-0.1, -0.05) is 24.3 Å². The molecule has 0 aliphatic carbocycles. The maximum Gasteiger partial charge on any atom is 0.251 e. The molecule has 1 N–H and O–H groups in total. The highest BCUT2D eigenvalue weighted by Gasteiger charge is 2.13. The van der Waals surface area contributed by atoms with E-state index in [9.17, 15) is 14.0 Å². The first kappa shape index (κ1) is 17.5. The summed E-state index contributed by atoms with van der Waals surface area (Å²) in [6.45, 7) is 0.115. The SMILES string of the molecule is COc1ccc(CN(C)C(=O)CNC(=O)c2ccccc2)cc1F. The lowest BCUT2D eigenvalue weighted by Crippen LogP contribution is -2.37. The lowest BCUT2D eigenvalue weighted by Gasteiger charge is -2.18. The van der Waals surface area contributed by atoms with E-state index in [4.69, 9.17) is 4.74 Å². The van der Waals surface area contributed by atoms with Crippen LogP contribution in [0.25, 0.3) is 0 Å². The normalized spacial score (nSPS) is 10.1. The minimum Gasteiger partial charge on any atom is -0.494 e. The van der Waals surface area contributed by atoms with Crippen LogP contribution in [0.4, 0.5) is 4.39 Å². The van der Waals surface area contributed by atoms with Gasteiger partial charge in [0.1, 0.15) is 0 Å². The molecule has 0 aliphatic rings. The smallest absolute Gasteiger partial charge is 0.251 e. The number of hydrogen-bond acceptors (Lipinski definition) is 3. The molecule has 0 radical (unpaired) electrons. The average Bonchev–Trinajstić information content (AvgIpc) is 2.60. The monoisotopic (exact) mass is 330 g/mol. The predicted octanol–water partition coefficient (Wildman–Crippen LogP) is 2.22. The average molecular weight is 330 g/mol. The molecule has 0 saturated heterocycles. The van der Waals surface area contributed by atoms with E-state index >= 15 is 0 Å². The minimum absolute atomic E-state index is 0.122. The van der Waals surface area contributed by atoms with Gasteiger partial charge in [-0.05, 0) is 29.8 Å². The first-order valence-corrected chi connectivity index (χ1v) is 7.41. The van der Waals surface area contributed by atoms with Crippen molar-refractivity contribution in [3.63, 3.8) is 0 Å². The van der Waals surface area contributed by atoms with Crippen molar-refractivity contribution in [2.45, 2.75) is 6.54 Å². The zero-order valence-corrected chi connectivity index (χ0v) is 13.6. The molecule has 2 aromatic rings. The predicted molar refractivity (Wildman–Crippen MR) is 88.2 cm³/mol. The lowest BCUT2D eigenvalue weighted by atomic mass is 10.2. The number of nitrogens with one attached hydrogen (secondary N) is 1. The van der Waals surface area contributed by atoms with Crippen LogP contribution in [0, 0.1) is 5.82 Å². The number of rotatable bonds is 6. The van der Waals surface area contributed by atoms with Crippen molar-refractivity contribution in [2.24, 2.45) is 0 Å². The molecule has 5 nitrogen and oxygen atoms in total. The van der Waals surface area contributed by atoms with Crippen LogP contribution in [0.5, 0.6) is 5.75 Å². The van der Waals surface area contributed by atoms with Gasteiger partial charge in [-0.25, -0.2) is 4.39 Å². The van der Waals surface area contributed by atoms with E-state index in [0.29, 0.717) is 11.1 Å². The number of carbonyl (C=O) groups excluding carboxylic acids is 2. The number of amides is 2. The van der Waals surface area contributed by atoms with Crippen molar-refractivity contribution in [3.05, 3.63) is 65.5 Å². The van der Waals surface area contributed by atoms with E-state index in [-0.39, 0.29) is 30.7 Å². The van der Waals surface area contributed by atoms with Gasteiger partial charge in [-0.3, -0.25) is 9.59 Å². The van der Waals surface area contributed by atoms with Crippen LogP contribution in [0.15, 0.2) is 48.5 Å². The van der Waals surface area contributed by atoms with Gasteiger partial charge in [0.25, 0.3) is 5.91 Å². The van der Waals surface area contributed by atoms with Crippen LogP contribution >= 0.6 is 0 Å². The fourth-order valence-corrected chi connectivity index (χ4v) is 2.15. The van der Waals surface area contributed by atoms with Gasteiger partial charge in [-0.2, -0.15) is 0 Å². The van der Waals surface area contributed by atoms with Crippen LogP contribution in [-0.4, -0.2) is 37.4 Å². The van der Waals surface area contributed by atoms with Crippen molar-refractivity contribution >= 4 is 11.8 Å². The first-order valence-electron chi connectivity index (χ1n) is 7.41. The summed E-state index contributed by atoms with van der Waals surface area (Å²) in [5.41, 5.74) is 1.13. The Morgan fingerprint density at radius 3 is 2.50 bits per heavy atom. The number of ether oxygens (including phenoxy) is 1. The van der Waals surface area contributed by atoms with Crippen LogP contribution in [0.1, 0.15) is 15.9 Å². The second-order valence-corrected chi connectivity index (χ2v) is 5.27. The van der Waals surface area contributed by atoms with E-state index in [1.165, 1.54) is 24.1 Å². The Morgan fingerprint density at radius 2 is 1.88 bits per heavy atom. The van der Waals surface area contributed by atoms with Crippen molar-refractivity contribution in [2.75, 3.05) is 20.7 Å². The standard InChI is InChI=1S/C18H19FN2O3/c1-21(12-13-8-9-16(24-2)15(19)10-13)17(22)11-20-18(23)14-6-4-3-5-7-14/h3-10H,11-12H2,1-2H3,(H,20,23). The van der Waals surface area contributed by atoms with E-state index < -0.39 is 5.82 Å². The minimum atomic E-state index is -0.478. The number of likely N-dealkylation sites (N-methyl/N-ethyl adjacent to an activating group) is 1. The molecule has 6 heteroatoms. The number of halogens is 1. The van der Waals surface area contributed by atoms with E-state index in [1.807, 2.05) is 6.07 Å². The Kier molecular flexibility index (Phi) is 5.89. The van der Waals surface area contributed by atoms with Crippen molar-refractivity contribution in [3.8, 4) is 5.75 Å². The number of carbonyl (C=O) groups is 2.